The molecule has 8 heteroatoms. The van der Waals surface area contributed by atoms with Gasteiger partial charge in [-0.05, 0) is 42.8 Å². The number of aliphatic hydroxyl groups is 1. The normalized spacial score (nSPS) is 12.7. The highest BCUT2D eigenvalue weighted by Crippen LogP contribution is 2.29. The standard InChI is InChI=1S/C21H19F3N2O3/c1-13(12-27)26-10-9-16-17(20(26)29)3-2-4-18(16)25-19(28)11-14-5-7-15(8-6-14)21(22,23)24/h2-10,13,27H,11-12H2,1H3,(H,25,28)/t13-/m1/s1. The van der Waals surface area contributed by atoms with Crippen molar-refractivity contribution in [2.24, 2.45) is 0 Å². The molecule has 0 radical (unpaired) electrons. The first-order chi connectivity index (χ1) is 13.7. The fraction of sp³-hybridized carbons (Fsp3) is 0.238. The number of rotatable bonds is 5. The summed E-state index contributed by atoms with van der Waals surface area (Å²) in [4.78, 5) is 25.0. The van der Waals surface area contributed by atoms with Crippen molar-refractivity contribution < 1.29 is 23.1 Å². The molecule has 0 spiro atoms. The molecule has 0 aliphatic rings. The van der Waals surface area contributed by atoms with Gasteiger partial charge < -0.3 is 15.0 Å². The molecule has 3 rings (SSSR count). The van der Waals surface area contributed by atoms with Gasteiger partial charge in [0.2, 0.25) is 5.91 Å². The summed E-state index contributed by atoms with van der Waals surface area (Å²) in [6.07, 6.45) is -2.98. The zero-order valence-corrected chi connectivity index (χ0v) is 15.5. The Morgan fingerprint density at radius 3 is 2.41 bits per heavy atom. The summed E-state index contributed by atoms with van der Waals surface area (Å²) in [6, 6.07) is 10.6. The lowest BCUT2D eigenvalue weighted by Crippen LogP contribution is -2.25. The molecule has 0 saturated carbocycles. The summed E-state index contributed by atoms with van der Waals surface area (Å²) in [5.74, 6) is -0.412. The van der Waals surface area contributed by atoms with Gasteiger partial charge in [-0.25, -0.2) is 0 Å². The molecule has 2 aromatic carbocycles. The SMILES string of the molecule is C[C@H](CO)n1ccc2c(NC(=O)Cc3ccc(C(F)(F)F)cc3)cccc2c1=O. The summed E-state index contributed by atoms with van der Waals surface area (Å²) in [5, 5.41) is 12.9. The molecular formula is C21H19F3N2O3. The number of alkyl halides is 3. The third-order valence-corrected chi connectivity index (χ3v) is 4.63. The van der Waals surface area contributed by atoms with Crippen molar-refractivity contribution in [2.75, 3.05) is 11.9 Å². The van der Waals surface area contributed by atoms with Gasteiger partial charge in [0.05, 0.1) is 24.6 Å². The van der Waals surface area contributed by atoms with Crippen molar-refractivity contribution in [2.45, 2.75) is 25.6 Å². The first-order valence-electron chi connectivity index (χ1n) is 8.91. The van der Waals surface area contributed by atoms with Crippen LogP contribution in [0.3, 0.4) is 0 Å². The van der Waals surface area contributed by atoms with Crippen molar-refractivity contribution in [3.8, 4) is 0 Å². The molecule has 0 bridgehead atoms. The van der Waals surface area contributed by atoms with E-state index in [1.54, 1.807) is 37.4 Å². The predicted octanol–water partition coefficient (Wildman–Crippen LogP) is 3.75. The second kappa shape index (κ2) is 8.08. The smallest absolute Gasteiger partial charge is 0.394 e. The van der Waals surface area contributed by atoms with Crippen LogP contribution in [0.4, 0.5) is 18.9 Å². The number of carbonyl (C=O) groups is 1. The topological polar surface area (TPSA) is 71.3 Å². The van der Waals surface area contributed by atoms with Crippen molar-refractivity contribution in [3.05, 3.63) is 76.2 Å². The van der Waals surface area contributed by atoms with Crippen molar-refractivity contribution in [3.63, 3.8) is 0 Å². The number of pyridine rings is 1. The first-order valence-corrected chi connectivity index (χ1v) is 8.91. The van der Waals surface area contributed by atoms with Crippen LogP contribution in [0.1, 0.15) is 24.1 Å². The second-order valence-electron chi connectivity index (χ2n) is 6.75. The van der Waals surface area contributed by atoms with E-state index >= 15 is 0 Å². The molecule has 5 nitrogen and oxygen atoms in total. The van der Waals surface area contributed by atoms with Crippen molar-refractivity contribution in [1.82, 2.24) is 4.57 Å². The number of halogens is 3. The molecule has 1 aromatic heterocycles. The number of benzene rings is 2. The van der Waals surface area contributed by atoms with Crippen LogP contribution in [0, 0.1) is 0 Å². The highest BCUT2D eigenvalue weighted by atomic mass is 19.4. The number of hydrogen-bond acceptors (Lipinski definition) is 3. The molecule has 1 atom stereocenters. The molecule has 152 valence electrons. The Morgan fingerprint density at radius 2 is 1.79 bits per heavy atom. The van der Waals surface area contributed by atoms with Gasteiger partial charge in [-0.3, -0.25) is 9.59 Å². The summed E-state index contributed by atoms with van der Waals surface area (Å²) < 4.78 is 39.3. The van der Waals surface area contributed by atoms with E-state index in [9.17, 15) is 27.9 Å². The van der Waals surface area contributed by atoms with E-state index in [0.717, 1.165) is 12.1 Å². The molecule has 3 aromatic rings. The van der Waals surface area contributed by atoms with Crippen LogP contribution in [0.2, 0.25) is 0 Å². The maximum absolute atomic E-state index is 12.6. The molecule has 0 fully saturated rings. The molecule has 0 unspecified atom stereocenters. The number of nitrogens with zero attached hydrogens (tertiary/aromatic N) is 1. The van der Waals surface area contributed by atoms with E-state index in [0.29, 0.717) is 22.0 Å². The minimum absolute atomic E-state index is 0.104. The van der Waals surface area contributed by atoms with Crippen LogP contribution in [0.25, 0.3) is 10.8 Å². The Kier molecular flexibility index (Phi) is 5.74. The highest BCUT2D eigenvalue weighted by Gasteiger charge is 2.30. The fourth-order valence-corrected chi connectivity index (χ4v) is 3.03. The lowest BCUT2D eigenvalue weighted by atomic mass is 10.1. The number of carbonyl (C=O) groups excluding carboxylic acids is 1. The minimum Gasteiger partial charge on any atom is -0.394 e. The molecule has 0 aliphatic heterocycles. The zero-order valence-electron chi connectivity index (χ0n) is 15.5. The van der Waals surface area contributed by atoms with Crippen LogP contribution in [-0.4, -0.2) is 22.2 Å². The van der Waals surface area contributed by atoms with Crippen LogP contribution < -0.4 is 10.9 Å². The molecule has 0 saturated heterocycles. The number of hydrogen-bond donors (Lipinski definition) is 2. The average Bonchev–Trinajstić information content (AvgIpc) is 2.68. The number of fused-ring (bicyclic) bond motifs is 1. The second-order valence-corrected chi connectivity index (χ2v) is 6.75. The highest BCUT2D eigenvalue weighted by molar-refractivity contribution is 6.02. The molecule has 1 amide bonds. The number of aliphatic hydroxyl groups excluding tert-OH is 1. The third-order valence-electron chi connectivity index (χ3n) is 4.63. The van der Waals surface area contributed by atoms with E-state index in [1.165, 1.54) is 16.7 Å². The van der Waals surface area contributed by atoms with Gasteiger partial charge in [-0.1, -0.05) is 18.2 Å². The van der Waals surface area contributed by atoms with Gasteiger partial charge in [-0.2, -0.15) is 13.2 Å². The Morgan fingerprint density at radius 1 is 1.10 bits per heavy atom. The zero-order chi connectivity index (χ0) is 21.2. The van der Waals surface area contributed by atoms with Gasteiger partial charge >= 0.3 is 6.18 Å². The van der Waals surface area contributed by atoms with E-state index in [4.69, 9.17) is 0 Å². The largest absolute Gasteiger partial charge is 0.416 e. The maximum atomic E-state index is 12.6. The van der Waals surface area contributed by atoms with Gasteiger partial charge in [0.1, 0.15) is 0 Å². The lowest BCUT2D eigenvalue weighted by Gasteiger charge is -2.14. The predicted molar refractivity (Wildman–Crippen MR) is 104 cm³/mol. The summed E-state index contributed by atoms with van der Waals surface area (Å²) in [6.45, 7) is 1.53. The Balaban J connectivity index is 1.82. The number of anilines is 1. The summed E-state index contributed by atoms with van der Waals surface area (Å²) in [5.41, 5.74) is -0.192. The van der Waals surface area contributed by atoms with Crippen LogP contribution in [-0.2, 0) is 17.4 Å². The number of amides is 1. The van der Waals surface area contributed by atoms with Gasteiger partial charge in [0.25, 0.3) is 5.56 Å². The van der Waals surface area contributed by atoms with Gasteiger partial charge in [-0.15, -0.1) is 0 Å². The summed E-state index contributed by atoms with van der Waals surface area (Å²) in [7, 11) is 0. The van der Waals surface area contributed by atoms with Gasteiger partial charge in [0, 0.05) is 22.7 Å². The van der Waals surface area contributed by atoms with Crippen LogP contribution >= 0.6 is 0 Å². The maximum Gasteiger partial charge on any atom is 0.416 e. The van der Waals surface area contributed by atoms with Crippen LogP contribution in [0.5, 0.6) is 0 Å². The minimum atomic E-state index is -4.43. The Hall–Kier alpha value is -3.13. The molecular weight excluding hydrogens is 385 g/mol. The van der Waals surface area contributed by atoms with E-state index in [-0.39, 0.29) is 24.6 Å². The average molecular weight is 404 g/mol. The van der Waals surface area contributed by atoms with Gasteiger partial charge in [0.15, 0.2) is 0 Å². The first kappa shape index (κ1) is 20.6. The Bertz CT molecular complexity index is 1090. The van der Waals surface area contributed by atoms with E-state index in [2.05, 4.69) is 5.32 Å². The number of nitrogens with one attached hydrogen (secondary N) is 1. The molecule has 2 N–H and O–H groups in total. The lowest BCUT2D eigenvalue weighted by molar-refractivity contribution is -0.137. The monoisotopic (exact) mass is 404 g/mol. The van der Waals surface area contributed by atoms with E-state index in [1.807, 2.05) is 0 Å². The van der Waals surface area contributed by atoms with Crippen molar-refractivity contribution in [1.29, 1.82) is 0 Å². The third kappa shape index (κ3) is 4.48. The van der Waals surface area contributed by atoms with Crippen LogP contribution in [0.15, 0.2) is 59.5 Å². The van der Waals surface area contributed by atoms with E-state index < -0.39 is 17.6 Å². The molecule has 0 aliphatic carbocycles. The molecule has 29 heavy (non-hydrogen) atoms. The fourth-order valence-electron chi connectivity index (χ4n) is 3.03. The quantitative estimate of drug-likeness (QED) is 0.680. The van der Waals surface area contributed by atoms with Crippen molar-refractivity contribution >= 4 is 22.4 Å². The molecule has 1 heterocycles. The summed E-state index contributed by atoms with van der Waals surface area (Å²) >= 11 is 0. The number of aromatic nitrogens is 1. The Labute approximate surface area is 164 Å².